The number of alkyl halides is 3. The van der Waals surface area contributed by atoms with Crippen LogP contribution in [0.2, 0.25) is 0 Å². The van der Waals surface area contributed by atoms with E-state index in [1.54, 1.807) is 13.0 Å². The SMILES string of the molecule is CCOC(=O)c1cnc2cc(C(F)(F)F)ccc2c1Nc1ccccc1C(=O)O. The van der Waals surface area contributed by atoms with Gasteiger partial charge < -0.3 is 15.2 Å². The molecule has 3 rings (SSSR count). The summed E-state index contributed by atoms with van der Waals surface area (Å²) in [5, 5.41) is 12.4. The smallest absolute Gasteiger partial charge is 0.416 e. The van der Waals surface area contributed by atoms with Crippen molar-refractivity contribution in [3.05, 3.63) is 65.4 Å². The number of pyridine rings is 1. The molecular formula is C20H15F3N2O4. The molecule has 0 spiro atoms. The number of esters is 1. The zero-order valence-corrected chi connectivity index (χ0v) is 15.1. The molecule has 3 aromatic rings. The van der Waals surface area contributed by atoms with E-state index in [1.807, 2.05) is 0 Å². The summed E-state index contributed by atoms with van der Waals surface area (Å²) in [4.78, 5) is 27.8. The zero-order chi connectivity index (χ0) is 21.2. The number of aromatic nitrogens is 1. The van der Waals surface area contributed by atoms with Gasteiger partial charge in [-0.3, -0.25) is 4.98 Å². The molecule has 0 aliphatic carbocycles. The van der Waals surface area contributed by atoms with Gasteiger partial charge in [0.05, 0.1) is 34.6 Å². The summed E-state index contributed by atoms with van der Waals surface area (Å²) in [5.41, 5.74) is -0.728. The number of rotatable bonds is 5. The molecule has 0 saturated heterocycles. The van der Waals surface area contributed by atoms with Crippen LogP contribution in [-0.2, 0) is 10.9 Å². The van der Waals surface area contributed by atoms with Crippen LogP contribution < -0.4 is 5.32 Å². The molecule has 0 saturated carbocycles. The van der Waals surface area contributed by atoms with E-state index in [0.717, 1.165) is 18.3 Å². The second-order valence-corrected chi connectivity index (χ2v) is 5.97. The van der Waals surface area contributed by atoms with Gasteiger partial charge in [0.15, 0.2) is 0 Å². The second-order valence-electron chi connectivity index (χ2n) is 5.97. The topological polar surface area (TPSA) is 88.5 Å². The van der Waals surface area contributed by atoms with Gasteiger partial charge in [0.2, 0.25) is 0 Å². The molecule has 0 unspecified atom stereocenters. The van der Waals surface area contributed by atoms with Gasteiger partial charge in [-0.15, -0.1) is 0 Å². The van der Waals surface area contributed by atoms with Gasteiger partial charge >= 0.3 is 18.1 Å². The van der Waals surface area contributed by atoms with E-state index in [-0.39, 0.29) is 40.0 Å². The molecule has 0 aliphatic heterocycles. The number of carboxylic acids is 1. The van der Waals surface area contributed by atoms with Gasteiger partial charge in [-0.2, -0.15) is 13.2 Å². The molecule has 0 amide bonds. The van der Waals surface area contributed by atoms with Crippen molar-refractivity contribution in [2.45, 2.75) is 13.1 Å². The molecule has 0 radical (unpaired) electrons. The summed E-state index contributed by atoms with van der Waals surface area (Å²) < 4.78 is 44.1. The highest BCUT2D eigenvalue weighted by Gasteiger charge is 2.31. The van der Waals surface area contributed by atoms with Gasteiger partial charge in [-0.05, 0) is 31.2 Å². The third-order valence-electron chi connectivity index (χ3n) is 4.11. The standard InChI is InChI=1S/C20H15F3N2O4/c1-2-29-19(28)14-10-24-16-9-11(20(21,22)23)7-8-12(16)17(14)25-15-6-4-3-5-13(15)18(26)27/h3-10H,2H2,1H3,(H,24,25)(H,26,27). The number of aromatic carboxylic acids is 1. The van der Waals surface area contributed by atoms with Crippen LogP contribution in [0.25, 0.3) is 10.9 Å². The fourth-order valence-electron chi connectivity index (χ4n) is 2.78. The first-order chi connectivity index (χ1) is 13.7. The van der Waals surface area contributed by atoms with E-state index in [9.17, 15) is 27.9 Å². The van der Waals surface area contributed by atoms with Crippen molar-refractivity contribution in [1.29, 1.82) is 0 Å². The lowest BCUT2D eigenvalue weighted by molar-refractivity contribution is -0.137. The predicted molar refractivity (Wildman–Crippen MR) is 99.4 cm³/mol. The Morgan fingerprint density at radius 1 is 1.14 bits per heavy atom. The number of carbonyl (C=O) groups excluding carboxylic acids is 1. The van der Waals surface area contributed by atoms with Crippen molar-refractivity contribution in [2.24, 2.45) is 0 Å². The number of nitrogens with zero attached hydrogens (tertiary/aromatic N) is 1. The summed E-state index contributed by atoms with van der Waals surface area (Å²) in [5.74, 6) is -1.94. The molecule has 0 atom stereocenters. The first-order valence-corrected chi connectivity index (χ1v) is 8.48. The summed E-state index contributed by atoms with van der Waals surface area (Å²) in [6, 6.07) is 8.87. The van der Waals surface area contributed by atoms with Crippen molar-refractivity contribution >= 4 is 34.2 Å². The number of ether oxygens (including phenoxy) is 1. The fraction of sp³-hybridized carbons (Fsp3) is 0.150. The number of benzene rings is 2. The minimum absolute atomic E-state index is 0.0109. The number of hydrogen-bond acceptors (Lipinski definition) is 5. The normalized spacial score (nSPS) is 11.3. The maximum atomic E-state index is 13.0. The molecule has 1 heterocycles. The fourth-order valence-corrected chi connectivity index (χ4v) is 2.78. The van der Waals surface area contributed by atoms with E-state index >= 15 is 0 Å². The van der Waals surface area contributed by atoms with Crippen LogP contribution in [0.5, 0.6) is 0 Å². The van der Waals surface area contributed by atoms with Crippen molar-refractivity contribution < 1.29 is 32.6 Å². The van der Waals surface area contributed by atoms with Gasteiger partial charge in [0, 0.05) is 11.6 Å². The number of carboxylic acid groups (broad SMARTS) is 1. The van der Waals surface area contributed by atoms with Crippen LogP contribution in [0.1, 0.15) is 33.2 Å². The van der Waals surface area contributed by atoms with E-state index < -0.39 is 23.7 Å². The highest BCUT2D eigenvalue weighted by molar-refractivity contribution is 6.07. The van der Waals surface area contributed by atoms with Gasteiger partial charge in [0.1, 0.15) is 5.56 Å². The molecule has 9 heteroatoms. The Bertz CT molecular complexity index is 1100. The Kier molecular flexibility index (Phi) is 5.40. The monoisotopic (exact) mass is 404 g/mol. The summed E-state index contributed by atoms with van der Waals surface area (Å²) in [6.45, 7) is 1.68. The molecule has 6 nitrogen and oxygen atoms in total. The Morgan fingerprint density at radius 2 is 1.86 bits per heavy atom. The third-order valence-corrected chi connectivity index (χ3v) is 4.11. The van der Waals surface area contributed by atoms with Gasteiger partial charge in [-0.1, -0.05) is 18.2 Å². The number of fused-ring (bicyclic) bond motifs is 1. The largest absolute Gasteiger partial charge is 0.478 e. The zero-order valence-electron chi connectivity index (χ0n) is 15.1. The van der Waals surface area contributed by atoms with Crippen molar-refractivity contribution in [3.8, 4) is 0 Å². The first-order valence-electron chi connectivity index (χ1n) is 8.48. The number of hydrogen-bond donors (Lipinski definition) is 2. The van der Waals surface area contributed by atoms with Crippen LogP contribution in [-0.4, -0.2) is 28.6 Å². The highest BCUT2D eigenvalue weighted by atomic mass is 19.4. The number of halogens is 3. The lowest BCUT2D eigenvalue weighted by atomic mass is 10.1. The molecule has 0 fully saturated rings. The average Bonchev–Trinajstić information content (AvgIpc) is 2.67. The van der Waals surface area contributed by atoms with E-state index in [2.05, 4.69) is 10.3 Å². The van der Waals surface area contributed by atoms with E-state index in [1.165, 1.54) is 24.3 Å². The van der Waals surface area contributed by atoms with E-state index in [0.29, 0.717) is 0 Å². The van der Waals surface area contributed by atoms with Crippen LogP contribution >= 0.6 is 0 Å². The minimum Gasteiger partial charge on any atom is -0.478 e. The molecular weight excluding hydrogens is 389 g/mol. The lowest BCUT2D eigenvalue weighted by Crippen LogP contribution is -2.11. The first kappa shape index (κ1) is 20.1. The van der Waals surface area contributed by atoms with Crippen molar-refractivity contribution in [3.63, 3.8) is 0 Å². The Balaban J connectivity index is 2.22. The predicted octanol–water partition coefficient (Wildman–Crippen LogP) is 4.87. The molecule has 2 N–H and O–H groups in total. The van der Waals surface area contributed by atoms with Crippen LogP contribution in [0, 0.1) is 0 Å². The molecule has 1 aromatic heterocycles. The molecule has 150 valence electrons. The average molecular weight is 404 g/mol. The lowest BCUT2D eigenvalue weighted by Gasteiger charge is -2.16. The maximum absolute atomic E-state index is 13.0. The maximum Gasteiger partial charge on any atom is 0.416 e. The van der Waals surface area contributed by atoms with E-state index in [4.69, 9.17) is 4.74 Å². The van der Waals surface area contributed by atoms with Crippen LogP contribution in [0.4, 0.5) is 24.5 Å². The Labute approximate surface area is 162 Å². The van der Waals surface area contributed by atoms with Crippen LogP contribution in [0.15, 0.2) is 48.7 Å². The molecule has 2 aromatic carbocycles. The number of carbonyl (C=O) groups is 2. The summed E-state index contributed by atoms with van der Waals surface area (Å²) in [7, 11) is 0. The molecule has 0 aliphatic rings. The van der Waals surface area contributed by atoms with Crippen molar-refractivity contribution in [2.75, 3.05) is 11.9 Å². The number of nitrogens with one attached hydrogen (secondary N) is 1. The number of anilines is 2. The van der Waals surface area contributed by atoms with Gasteiger partial charge in [0.25, 0.3) is 0 Å². The molecule has 0 bridgehead atoms. The van der Waals surface area contributed by atoms with Gasteiger partial charge in [-0.25, -0.2) is 9.59 Å². The summed E-state index contributed by atoms with van der Waals surface area (Å²) in [6.07, 6.45) is -3.45. The third kappa shape index (κ3) is 4.13. The molecule has 29 heavy (non-hydrogen) atoms. The Morgan fingerprint density at radius 3 is 2.52 bits per heavy atom. The Hall–Kier alpha value is -3.62. The van der Waals surface area contributed by atoms with Crippen molar-refractivity contribution in [1.82, 2.24) is 4.98 Å². The second kappa shape index (κ2) is 7.78. The van der Waals surface area contributed by atoms with Crippen LogP contribution in [0.3, 0.4) is 0 Å². The summed E-state index contributed by atoms with van der Waals surface area (Å²) >= 11 is 0. The quantitative estimate of drug-likeness (QED) is 0.590. The highest BCUT2D eigenvalue weighted by Crippen LogP contribution is 2.35. The number of para-hydroxylation sites is 1. The minimum atomic E-state index is -4.56.